The minimum absolute atomic E-state index is 0.0461. The van der Waals surface area contributed by atoms with Gasteiger partial charge in [-0.1, -0.05) is 38.4 Å². The highest BCUT2D eigenvalue weighted by Gasteiger charge is 2.27. The van der Waals surface area contributed by atoms with Gasteiger partial charge in [0, 0.05) is 16.6 Å². The van der Waals surface area contributed by atoms with Crippen molar-refractivity contribution in [1.29, 1.82) is 5.26 Å². The molecule has 0 aliphatic rings. The van der Waals surface area contributed by atoms with E-state index in [1.54, 1.807) is 69.4 Å². The van der Waals surface area contributed by atoms with E-state index in [4.69, 9.17) is 11.6 Å². The van der Waals surface area contributed by atoms with Gasteiger partial charge in [0.15, 0.2) is 5.78 Å². The normalized spacial score (nSPS) is 13.1. The van der Waals surface area contributed by atoms with E-state index in [0.717, 1.165) is 11.3 Å². The van der Waals surface area contributed by atoms with E-state index in [0.29, 0.717) is 25.6 Å². The van der Waals surface area contributed by atoms with Crippen molar-refractivity contribution in [2.75, 3.05) is 0 Å². The van der Waals surface area contributed by atoms with Gasteiger partial charge in [-0.25, -0.2) is 0 Å². The Bertz CT molecular complexity index is 1280. The molecule has 3 rings (SSSR count). The molecule has 0 N–H and O–H groups in total. The fourth-order valence-corrected chi connectivity index (χ4v) is 3.85. The van der Waals surface area contributed by atoms with Crippen LogP contribution in [-0.2, 0) is 4.79 Å². The summed E-state index contributed by atoms with van der Waals surface area (Å²) >= 11 is 7.08. The molecule has 0 bridgehead atoms. The predicted octanol–water partition coefficient (Wildman–Crippen LogP) is 3.07. The van der Waals surface area contributed by atoms with Crippen LogP contribution in [0.4, 0.5) is 0 Å². The van der Waals surface area contributed by atoms with Crippen molar-refractivity contribution in [3.63, 3.8) is 0 Å². The van der Waals surface area contributed by atoms with Gasteiger partial charge in [0.25, 0.3) is 5.56 Å². The molecular formula is C22H18ClN3O2S. The Balaban J connectivity index is 2.43. The number of benzene rings is 1. The highest BCUT2D eigenvalue weighted by molar-refractivity contribution is 7.07. The first kappa shape index (κ1) is 20.7. The van der Waals surface area contributed by atoms with Crippen LogP contribution in [0.25, 0.3) is 17.3 Å². The maximum absolute atomic E-state index is 13.2. The van der Waals surface area contributed by atoms with Crippen LogP contribution in [0, 0.1) is 16.7 Å². The molecule has 7 heteroatoms. The molecule has 5 nitrogen and oxygen atoms in total. The van der Waals surface area contributed by atoms with Crippen LogP contribution in [0.3, 0.4) is 0 Å². The maximum Gasteiger partial charge on any atom is 0.273 e. The summed E-state index contributed by atoms with van der Waals surface area (Å²) in [7, 11) is 0. The third-order valence-corrected chi connectivity index (χ3v) is 5.45. The number of Topliss-reactive ketones (excluding diaryl/α,β-unsaturated/α-hetero) is 1. The summed E-state index contributed by atoms with van der Waals surface area (Å²) in [6.07, 6.45) is 3.29. The minimum atomic E-state index is -0.763. The summed E-state index contributed by atoms with van der Waals surface area (Å²) in [6, 6.07) is 14.1. The van der Waals surface area contributed by atoms with E-state index in [9.17, 15) is 14.9 Å². The van der Waals surface area contributed by atoms with Crippen molar-refractivity contribution in [3.8, 4) is 11.8 Å². The Kier molecular flexibility index (Phi) is 5.83. The van der Waals surface area contributed by atoms with Crippen molar-refractivity contribution in [1.82, 2.24) is 9.55 Å². The molecule has 3 aromatic rings. The SMILES string of the molecule is CC(C)(C)C(=O)C(C#N)=c1sc(=Cc2ccccn2)c(=O)n1-c1ccc(Cl)cc1. The summed E-state index contributed by atoms with van der Waals surface area (Å²) in [5.41, 5.74) is 0.00518. The van der Waals surface area contributed by atoms with Crippen LogP contribution in [0.1, 0.15) is 26.5 Å². The van der Waals surface area contributed by atoms with E-state index in [1.807, 2.05) is 12.1 Å². The van der Waals surface area contributed by atoms with Gasteiger partial charge in [0.1, 0.15) is 16.3 Å². The molecule has 0 aliphatic heterocycles. The molecule has 0 saturated carbocycles. The van der Waals surface area contributed by atoms with Crippen LogP contribution in [0.5, 0.6) is 0 Å². The van der Waals surface area contributed by atoms with Crippen LogP contribution < -0.4 is 14.8 Å². The van der Waals surface area contributed by atoms with Gasteiger partial charge in [-0.15, -0.1) is 11.3 Å². The van der Waals surface area contributed by atoms with Crippen LogP contribution in [-0.4, -0.2) is 15.3 Å². The van der Waals surface area contributed by atoms with Crippen molar-refractivity contribution < 1.29 is 4.79 Å². The molecule has 2 heterocycles. The predicted molar refractivity (Wildman–Crippen MR) is 115 cm³/mol. The molecule has 0 radical (unpaired) electrons. The van der Waals surface area contributed by atoms with Crippen LogP contribution in [0.2, 0.25) is 5.02 Å². The molecule has 146 valence electrons. The molecule has 0 aliphatic carbocycles. The van der Waals surface area contributed by atoms with Gasteiger partial charge >= 0.3 is 0 Å². The first-order valence-electron chi connectivity index (χ1n) is 8.82. The van der Waals surface area contributed by atoms with Gasteiger partial charge in [-0.05, 0) is 42.5 Å². The van der Waals surface area contributed by atoms with Crippen LogP contribution in [0.15, 0.2) is 53.5 Å². The number of hydrogen-bond acceptors (Lipinski definition) is 5. The number of nitriles is 1. The smallest absolute Gasteiger partial charge is 0.273 e. The highest BCUT2D eigenvalue weighted by atomic mass is 35.5. The molecule has 2 aromatic heterocycles. The van der Waals surface area contributed by atoms with E-state index in [2.05, 4.69) is 4.98 Å². The molecule has 29 heavy (non-hydrogen) atoms. The van der Waals surface area contributed by atoms with Crippen LogP contribution >= 0.6 is 22.9 Å². The van der Waals surface area contributed by atoms with E-state index in [-0.39, 0.29) is 16.9 Å². The third kappa shape index (κ3) is 4.37. The summed E-state index contributed by atoms with van der Waals surface area (Å²) < 4.78 is 2.06. The molecule has 0 atom stereocenters. The average Bonchev–Trinajstić information content (AvgIpc) is 2.99. The Labute approximate surface area is 176 Å². The Morgan fingerprint density at radius 2 is 1.90 bits per heavy atom. The van der Waals surface area contributed by atoms with Crippen molar-refractivity contribution in [3.05, 3.63) is 78.9 Å². The second-order valence-corrected chi connectivity index (χ2v) is 8.82. The second kappa shape index (κ2) is 8.16. The fourth-order valence-electron chi connectivity index (χ4n) is 2.64. The Morgan fingerprint density at radius 3 is 2.45 bits per heavy atom. The maximum atomic E-state index is 13.2. The largest absolute Gasteiger partial charge is 0.293 e. The first-order valence-corrected chi connectivity index (χ1v) is 10.0. The number of ketones is 1. The summed E-state index contributed by atoms with van der Waals surface area (Å²) in [4.78, 5) is 30.3. The summed E-state index contributed by atoms with van der Waals surface area (Å²) in [5.74, 6) is -0.326. The van der Waals surface area contributed by atoms with Crippen molar-refractivity contribution in [2.24, 2.45) is 5.41 Å². The van der Waals surface area contributed by atoms with Crippen molar-refractivity contribution >= 4 is 40.4 Å². The minimum Gasteiger partial charge on any atom is -0.293 e. The number of carbonyl (C=O) groups is 1. The lowest BCUT2D eigenvalue weighted by molar-refractivity contribution is -0.120. The summed E-state index contributed by atoms with van der Waals surface area (Å²) in [5, 5.41) is 10.3. The molecule has 1 aromatic carbocycles. The molecule has 0 spiro atoms. The fraction of sp³-hybridized carbons (Fsp3) is 0.182. The molecule has 0 fully saturated rings. The number of halogens is 1. The number of nitrogens with zero attached hydrogens (tertiary/aromatic N) is 3. The van der Waals surface area contributed by atoms with E-state index >= 15 is 0 Å². The van der Waals surface area contributed by atoms with Gasteiger partial charge in [0.05, 0.1) is 15.9 Å². The number of rotatable bonds is 3. The zero-order valence-corrected chi connectivity index (χ0v) is 17.7. The Hall–Kier alpha value is -3.01. The zero-order valence-electron chi connectivity index (χ0n) is 16.1. The number of hydrogen-bond donors (Lipinski definition) is 0. The van der Waals surface area contributed by atoms with Gasteiger partial charge < -0.3 is 0 Å². The number of aromatic nitrogens is 2. The standard InChI is InChI=1S/C22H18ClN3O2S/c1-22(2,3)19(27)17(13-24)21-26(16-9-7-14(23)8-10-16)20(28)18(29-21)12-15-6-4-5-11-25-15/h4-12H,1-3H3. The average molecular weight is 424 g/mol. The molecule has 0 amide bonds. The lowest BCUT2D eigenvalue weighted by Crippen LogP contribution is -2.33. The van der Waals surface area contributed by atoms with Crippen molar-refractivity contribution in [2.45, 2.75) is 20.8 Å². The second-order valence-electron chi connectivity index (χ2n) is 7.35. The van der Waals surface area contributed by atoms with E-state index in [1.165, 1.54) is 4.57 Å². The third-order valence-electron chi connectivity index (χ3n) is 4.11. The Morgan fingerprint density at radius 1 is 1.21 bits per heavy atom. The lowest BCUT2D eigenvalue weighted by Gasteiger charge is -2.15. The monoisotopic (exact) mass is 423 g/mol. The zero-order chi connectivity index (χ0) is 21.2. The number of carbonyl (C=O) groups excluding carboxylic acids is 1. The molecule has 0 saturated heterocycles. The molecule has 0 unspecified atom stereocenters. The molecular weight excluding hydrogens is 406 g/mol. The lowest BCUT2D eigenvalue weighted by atomic mass is 9.87. The quantitative estimate of drug-likeness (QED) is 0.648. The number of pyridine rings is 1. The number of thiazole rings is 1. The van der Waals surface area contributed by atoms with E-state index < -0.39 is 5.41 Å². The van der Waals surface area contributed by atoms with Gasteiger partial charge in [-0.2, -0.15) is 5.26 Å². The van der Waals surface area contributed by atoms with Gasteiger partial charge in [0.2, 0.25) is 0 Å². The first-order chi connectivity index (χ1) is 13.7. The summed E-state index contributed by atoms with van der Waals surface area (Å²) in [6.45, 7) is 5.23. The topological polar surface area (TPSA) is 75.8 Å². The van der Waals surface area contributed by atoms with Gasteiger partial charge in [-0.3, -0.25) is 19.1 Å². The highest BCUT2D eigenvalue weighted by Crippen LogP contribution is 2.20.